The molecule has 2 atom stereocenters. The zero-order valence-electron chi connectivity index (χ0n) is 22.0. The van der Waals surface area contributed by atoms with Crippen molar-refractivity contribution < 1.29 is 23.9 Å². The maximum atomic E-state index is 13.0. The Hall–Kier alpha value is -3.69. The smallest absolute Gasteiger partial charge is 0.341 e. The van der Waals surface area contributed by atoms with Gasteiger partial charge in [0.2, 0.25) is 0 Å². The van der Waals surface area contributed by atoms with Gasteiger partial charge in [0, 0.05) is 15.5 Å². The molecule has 0 aliphatic heterocycles. The van der Waals surface area contributed by atoms with E-state index >= 15 is 0 Å². The van der Waals surface area contributed by atoms with E-state index < -0.39 is 18.0 Å². The molecule has 2 unspecified atom stereocenters. The molecule has 204 valence electrons. The highest BCUT2D eigenvalue weighted by molar-refractivity contribution is 7.17. The molecule has 0 radical (unpaired) electrons. The van der Waals surface area contributed by atoms with Crippen LogP contribution in [0.15, 0.2) is 53.6 Å². The van der Waals surface area contributed by atoms with Crippen LogP contribution in [-0.2, 0) is 22.4 Å². The number of halogens is 1. The number of esters is 1. The average Bonchev–Trinajstić information content (AvgIpc) is 3.26. The fourth-order valence-corrected chi connectivity index (χ4v) is 5.82. The van der Waals surface area contributed by atoms with Crippen LogP contribution in [0.5, 0.6) is 5.75 Å². The molecule has 2 aromatic carbocycles. The fraction of sp³-hybridized carbons (Fsp3) is 0.310. The second-order valence-electron chi connectivity index (χ2n) is 9.30. The largest absolute Gasteiger partial charge is 0.481 e. The van der Waals surface area contributed by atoms with Gasteiger partial charge in [0.25, 0.3) is 11.8 Å². The van der Waals surface area contributed by atoms with E-state index in [2.05, 4.69) is 22.8 Å². The molecule has 39 heavy (non-hydrogen) atoms. The summed E-state index contributed by atoms with van der Waals surface area (Å²) in [5, 5.41) is 7.93. The number of thiophene rings is 1. The zero-order valence-corrected chi connectivity index (χ0v) is 23.5. The molecule has 4 rings (SSSR count). The Morgan fingerprint density at radius 3 is 2.69 bits per heavy atom. The van der Waals surface area contributed by atoms with Crippen LogP contribution in [0.4, 0.5) is 5.00 Å². The molecule has 0 saturated carbocycles. The number of hydrazone groups is 1. The van der Waals surface area contributed by atoms with E-state index in [4.69, 9.17) is 21.1 Å². The van der Waals surface area contributed by atoms with Crippen molar-refractivity contribution in [2.45, 2.75) is 46.1 Å². The van der Waals surface area contributed by atoms with E-state index in [1.807, 2.05) is 6.07 Å². The average molecular weight is 568 g/mol. The minimum absolute atomic E-state index is 0.263. The standard InChI is InChI=1S/C29H30ClN3O5S/c1-4-37-29(36)25-23-13-8-17(2)14-24(23)39-28(25)32-27(35)20-9-11-22(12-10-20)38-18(3)26(34)33-31-16-19-6-5-7-21(30)15-19/h5-7,9-12,15-18H,4,8,13-14H2,1-3H3,(H,32,35)(H,33,34). The van der Waals surface area contributed by atoms with Gasteiger partial charge in [0.05, 0.1) is 18.4 Å². The van der Waals surface area contributed by atoms with Gasteiger partial charge in [-0.1, -0.05) is 30.7 Å². The molecule has 1 aromatic heterocycles. The molecule has 1 heterocycles. The molecule has 2 N–H and O–H groups in total. The summed E-state index contributed by atoms with van der Waals surface area (Å²) in [6.07, 6.45) is 3.33. The van der Waals surface area contributed by atoms with Crippen LogP contribution in [0, 0.1) is 5.92 Å². The number of hydrogen-bond acceptors (Lipinski definition) is 7. The molecule has 10 heteroatoms. The summed E-state index contributed by atoms with van der Waals surface area (Å²) >= 11 is 7.39. The molecule has 0 spiro atoms. The Balaban J connectivity index is 1.37. The van der Waals surface area contributed by atoms with Gasteiger partial charge in [0.1, 0.15) is 10.8 Å². The summed E-state index contributed by atoms with van der Waals surface area (Å²) in [6, 6.07) is 13.5. The van der Waals surface area contributed by atoms with E-state index in [9.17, 15) is 14.4 Å². The number of ether oxygens (including phenoxy) is 2. The molecule has 1 aliphatic carbocycles. The molecule has 2 amide bonds. The van der Waals surface area contributed by atoms with Gasteiger partial charge < -0.3 is 14.8 Å². The molecule has 8 nitrogen and oxygen atoms in total. The van der Waals surface area contributed by atoms with E-state index in [1.165, 1.54) is 17.6 Å². The number of nitrogens with one attached hydrogen (secondary N) is 2. The van der Waals surface area contributed by atoms with Crippen molar-refractivity contribution in [3.63, 3.8) is 0 Å². The number of fused-ring (bicyclic) bond motifs is 1. The maximum absolute atomic E-state index is 13.0. The van der Waals surface area contributed by atoms with E-state index in [1.54, 1.807) is 56.3 Å². The summed E-state index contributed by atoms with van der Waals surface area (Å²) in [5.74, 6) is -0.243. The predicted molar refractivity (Wildman–Crippen MR) is 153 cm³/mol. The van der Waals surface area contributed by atoms with E-state index in [0.717, 1.165) is 35.3 Å². The highest BCUT2D eigenvalue weighted by Crippen LogP contribution is 2.40. The first-order valence-corrected chi connectivity index (χ1v) is 13.9. The van der Waals surface area contributed by atoms with Crippen molar-refractivity contribution in [3.05, 3.63) is 80.7 Å². The van der Waals surface area contributed by atoms with E-state index in [-0.39, 0.29) is 12.5 Å². The quantitative estimate of drug-likeness (QED) is 0.191. The van der Waals surface area contributed by atoms with Crippen molar-refractivity contribution in [3.8, 4) is 5.75 Å². The third-order valence-electron chi connectivity index (χ3n) is 6.25. The maximum Gasteiger partial charge on any atom is 0.341 e. The fourth-order valence-electron chi connectivity index (χ4n) is 4.22. The SMILES string of the molecule is CCOC(=O)c1c(NC(=O)c2ccc(OC(C)C(=O)NN=Cc3cccc(Cl)c3)cc2)sc2c1CCC(C)C2. The lowest BCUT2D eigenvalue weighted by Crippen LogP contribution is -2.33. The number of hydrogen-bond donors (Lipinski definition) is 2. The Kier molecular flexibility index (Phi) is 9.37. The van der Waals surface area contributed by atoms with Gasteiger partial charge in [-0.25, -0.2) is 10.2 Å². The van der Waals surface area contributed by atoms with Crippen LogP contribution >= 0.6 is 22.9 Å². The molecule has 3 aromatic rings. The second-order valence-corrected chi connectivity index (χ2v) is 10.8. The van der Waals surface area contributed by atoms with Crippen molar-refractivity contribution in [2.75, 3.05) is 11.9 Å². The first kappa shape index (κ1) is 28.3. The zero-order chi connectivity index (χ0) is 27.9. The Bertz CT molecular complexity index is 1390. The summed E-state index contributed by atoms with van der Waals surface area (Å²) in [4.78, 5) is 39.2. The van der Waals surface area contributed by atoms with Gasteiger partial charge in [0.15, 0.2) is 6.10 Å². The van der Waals surface area contributed by atoms with Crippen molar-refractivity contribution in [1.82, 2.24) is 5.43 Å². The highest BCUT2D eigenvalue weighted by Gasteiger charge is 2.29. The van der Waals surface area contributed by atoms with Gasteiger partial charge >= 0.3 is 5.97 Å². The normalized spacial score (nSPS) is 15.3. The van der Waals surface area contributed by atoms with Gasteiger partial charge in [-0.3, -0.25) is 9.59 Å². The van der Waals surface area contributed by atoms with Crippen molar-refractivity contribution >= 4 is 51.9 Å². The van der Waals surface area contributed by atoms with Gasteiger partial charge in [-0.15, -0.1) is 11.3 Å². The second kappa shape index (κ2) is 12.9. The minimum Gasteiger partial charge on any atom is -0.481 e. The predicted octanol–water partition coefficient (Wildman–Crippen LogP) is 5.87. The highest BCUT2D eigenvalue weighted by atomic mass is 35.5. The van der Waals surface area contributed by atoms with Crippen LogP contribution < -0.4 is 15.5 Å². The number of rotatable bonds is 9. The van der Waals surface area contributed by atoms with Crippen LogP contribution in [0.25, 0.3) is 0 Å². The molecular weight excluding hydrogens is 538 g/mol. The van der Waals surface area contributed by atoms with E-state index in [0.29, 0.717) is 32.8 Å². The Morgan fingerprint density at radius 1 is 1.21 bits per heavy atom. The third kappa shape index (κ3) is 7.25. The summed E-state index contributed by atoms with van der Waals surface area (Å²) in [5.41, 5.74) is 5.03. The van der Waals surface area contributed by atoms with Crippen LogP contribution in [-0.4, -0.2) is 36.7 Å². The summed E-state index contributed by atoms with van der Waals surface area (Å²) in [7, 11) is 0. The molecular formula is C29H30ClN3O5S. The van der Waals surface area contributed by atoms with Gasteiger partial charge in [-0.05, 0) is 86.6 Å². The Labute approximate surface area is 236 Å². The van der Waals surface area contributed by atoms with Crippen molar-refractivity contribution in [2.24, 2.45) is 11.0 Å². The number of anilines is 1. The lowest BCUT2D eigenvalue weighted by atomic mass is 9.88. The topological polar surface area (TPSA) is 106 Å². The molecule has 1 aliphatic rings. The molecule has 0 fully saturated rings. The first-order chi connectivity index (χ1) is 18.7. The monoisotopic (exact) mass is 567 g/mol. The number of nitrogens with zero attached hydrogens (tertiary/aromatic N) is 1. The summed E-state index contributed by atoms with van der Waals surface area (Å²) < 4.78 is 11.0. The third-order valence-corrected chi connectivity index (χ3v) is 7.66. The molecule has 0 saturated heterocycles. The van der Waals surface area contributed by atoms with Crippen LogP contribution in [0.2, 0.25) is 5.02 Å². The first-order valence-electron chi connectivity index (χ1n) is 12.7. The van der Waals surface area contributed by atoms with Crippen molar-refractivity contribution in [1.29, 1.82) is 0 Å². The number of carbonyl (C=O) groups excluding carboxylic acids is 3. The lowest BCUT2D eigenvalue weighted by Gasteiger charge is -2.18. The van der Waals surface area contributed by atoms with Crippen LogP contribution in [0.3, 0.4) is 0 Å². The lowest BCUT2D eigenvalue weighted by molar-refractivity contribution is -0.127. The number of carbonyl (C=O) groups is 3. The number of benzene rings is 2. The molecule has 0 bridgehead atoms. The Morgan fingerprint density at radius 2 is 1.97 bits per heavy atom. The van der Waals surface area contributed by atoms with Crippen LogP contribution in [0.1, 0.15) is 63.9 Å². The summed E-state index contributed by atoms with van der Waals surface area (Å²) in [6.45, 7) is 5.81. The van der Waals surface area contributed by atoms with Gasteiger partial charge in [-0.2, -0.15) is 5.10 Å². The number of amides is 2. The minimum atomic E-state index is -0.826.